The molecule has 0 spiro atoms. The van der Waals surface area contributed by atoms with E-state index in [-0.39, 0.29) is 63.1 Å². The van der Waals surface area contributed by atoms with Gasteiger partial charge in [0.05, 0.1) is 30.7 Å². The largest absolute Gasteiger partial charge is 0.493 e. The van der Waals surface area contributed by atoms with Gasteiger partial charge in [0.25, 0.3) is 5.91 Å². The highest BCUT2D eigenvalue weighted by Gasteiger charge is 2.55. The summed E-state index contributed by atoms with van der Waals surface area (Å²) in [5.41, 5.74) is -1.11. The summed E-state index contributed by atoms with van der Waals surface area (Å²) in [6, 6.07) is 15.8. The van der Waals surface area contributed by atoms with Crippen LogP contribution in [-0.2, 0) is 16.6 Å². The normalized spacial score (nSPS) is 22.2. The Morgan fingerprint density at radius 2 is 1.36 bits per heavy atom. The number of alkyl halides is 6. The van der Waals surface area contributed by atoms with Crippen LogP contribution in [0.4, 0.5) is 26.3 Å². The molecule has 0 saturated carbocycles. The lowest BCUT2D eigenvalue weighted by Crippen LogP contribution is -2.62. The highest BCUT2D eigenvalue weighted by atomic mass is 35.5. The summed E-state index contributed by atoms with van der Waals surface area (Å²) in [5.74, 6) is -0.639. The van der Waals surface area contributed by atoms with Gasteiger partial charge in [-0.2, -0.15) is 26.3 Å². The molecule has 0 radical (unpaired) electrons. The second-order valence-electron chi connectivity index (χ2n) is 11.2. The van der Waals surface area contributed by atoms with Gasteiger partial charge in [0.15, 0.2) is 5.66 Å². The average Bonchev–Trinajstić information content (AvgIpc) is 3.42. The maximum absolute atomic E-state index is 14.7. The lowest BCUT2D eigenvalue weighted by molar-refractivity contribution is -0.145. The summed E-state index contributed by atoms with van der Waals surface area (Å²) in [6.07, 6.45) is -9.94. The van der Waals surface area contributed by atoms with E-state index in [1.165, 1.54) is 11.0 Å². The van der Waals surface area contributed by atoms with Gasteiger partial charge in [0, 0.05) is 48.3 Å². The van der Waals surface area contributed by atoms with E-state index in [2.05, 4.69) is 10.6 Å². The zero-order chi connectivity index (χ0) is 33.3. The van der Waals surface area contributed by atoms with E-state index >= 15 is 0 Å². The molecule has 2 aliphatic heterocycles. The average molecular weight is 726 g/mol. The summed E-state index contributed by atoms with van der Waals surface area (Å²) >= 11 is 12.3. The van der Waals surface area contributed by atoms with E-state index in [0.29, 0.717) is 10.0 Å². The Balaban J connectivity index is 0.00000500. The van der Waals surface area contributed by atoms with Crippen molar-refractivity contribution in [2.45, 2.75) is 43.4 Å². The first-order valence-corrected chi connectivity index (χ1v) is 15.4. The van der Waals surface area contributed by atoms with Crippen LogP contribution in [0.25, 0.3) is 0 Å². The first-order valence-electron chi connectivity index (χ1n) is 14.7. The third-order valence-corrected chi connectivity index (χ3v) is 8.74. The molecule has 2 heterocycles. The van der Waals surface area contributed by atoms with Crippen LogP contribution in [0.1, 0.15) is 47.7 Å². The zero-order valence-electron chi connectivity index (χ0n) is 25.1. The minimum Gasteiger partial charge on any atom is -0.493 e. The zero-order valence-corrected chi connectivity index (χ0v) is 27.4. The molecule has 2 unspecified atom stereocenters. The molecule has 3 aromatic rings. The van der Waals surface area contributed by atoms with E-state index < -0.39 is 48.0 Å². The van der Waals surface area contributed by atoms with Crippen molar-refractivity contribution >= 4 is 41.5 Å². The number of amides is 1. The highest BCUT2D eigenvalue weighted by Crippen LogP contribution is 2.46. The Labute approximate surface area is 284 Å². The van der Waals surface area contributed by atoms with E-state index in [9.17, 15) is 31.1 Å². The molecule has 256 valence electrons. The molecular weight excluding hydrogens is 693 g/mol. The third-order valence-electron chi connectivity index (χ3n) is 8.24. The van der Waals surface area contributed by atoms with Crippen LogP contribution < -0.4 is 15.4 Å². The summed E-state index contributed by atoms with van der Waals surface area (Å²) < 4.78 is 85.7. The fraction of sp³-hybridized carbons (Fsp3) is 0.406. The van der Waals surface area contributed by atoms with E-state index in [1.54, 1.807) is 60.4 Å². The summed E-state index contributed by atoms with van der Waals surface area (Å²) in [4.78, 5) is 17.9. The number of ether oxygens (including phenoxy) is 1. The minimum atomic E-state index is -4.66. The van der Waals surface area contributed by atoms with Crippen LogP contribution >= 0.6 is 35.6 Å². The smallest absolute Gasteiger partial charge is 0.416 e. The maximum atomic E-state index is 14.7. The van der Waals surface area contributed by atoms with Crippen molar-refractivity contribution in [3.63, 3.8) is 0 Å². The molecule has 1 amide bonds. The molecule has 47 heavy (non-hydrogen) atoms. The number of nitrogens with zero attached hydrogens (tertiary/aromatic N) is 2. The molecule has 2 atom stereocenters. The van der Waals surface area contributed by atoms with Gasteiger partial charge in [-0.05, 0) is 54.4 Å². The summed E-state index contributed by atoms with van der Waals surface area (Å²) in [5, 5.41) is 7.84. The molecule has 2 saturated heterocycles. The number of rotatable bonds is 8. The van der Waals surface area contributed by atoms with Crippen molar-refractivity contribution in [2.24, 2.45) is 0 Å². The second-order valence-corrected chi connectivity index (χ2v) is 12.1. The topological polar surface area (TPSA) is 56.8 Å². The SMILES string of the molecule is CCOc1cc(C(F)(F)F)ccc1C1(C(=O)N2CCN(CCC(F)(F)F)CC2)NC(c2ccc(Cl)cc2)C(c2ccc(Cl)cc2)N1.Cl. The van der Waals surface area contributed by atoms with E-state index in [1.807, 2.05) is 0 Å². The van der Waals surface area contributed by atoms with Crippen molar-refractivity contribution in [3.8, 4) is 5.75 Å². The summed E-state index contributed by atoms with van der Waals surface area (Å²) in [7, 11) is 0. The van der Waals surface area contributed by atoms with Gasteiger partial charge in [-0.25, -0.2) is 0 Å². The number of nitrogens with one attached hydrogen (secondary N) is 2. The van der Waals surface area contributed by atoms with Crippen LogP contribution in [0.5, 0.6) is 5.75 Å². The van der Waals surface area contributed by atoms with Gasteiger partial charge < -0.3 is 9.64 Å². The molecule has 2 N–H and O–H groups in total. The molecule has 2 fully saturated rings. The van der Waals surface area contributed by atoms with Crippen LogP contribution in [0.15, 0.2) is 66.7 Å². The summed E-state index contributed by atoms with van der Waals surface area (Å²) in [6.45, 7) is 2.08. The number of benzene rings is 3. The maximum Gasteiger partial charge on any atom is 0.416 e. The molecular formula is C32H33Cl3F6N4O2. The van der Waals surface area contributed by atoms with Crippen molar-refractivity contribution in [1.82, 2.24) is 20.4 Å². The van der Waals surface area contributed by atoms with Crippen LogP contribution in [0, 0.1) is 0 Å². The Morgan fingerprint density at radius 3 is 1.81 bits per heavy atom. The number of hydrogen-bond donors (Lipinski definition) is 2. The fourth-order valence-electron chi connectivity index (χ4n) is 5.94. The first kappa shape index (κ1) is 37.1. The Kier molecular flexibility index (Phi) is 11.7. The number of piperazine rings is 1. The lowest BCUT2D eigenvalue weighted by atomic mass is 9.94. The van der Waals surface area contributed by atoms with E-state index in [4.69, 9.17) is 27.9 Å². The van der Waals surface area contributed by atoms with Crippen molar-refractivity contribution in [2.75, 3.05) is 39.3 Å². The van der Waals surface area contributed by atoms with Gasteiger partial charge >= 0.3 is 12.4 Å². The fourth-order valence-corrected chi connectivity index (χ4v) is 6.19. The minimum absolute atomic E-state index is 0. The van der Waals surface area contributed by atoms with Crippen molar-refractivity contribution in [1.29, 1.82) is 0 Å². The Morgan fingerprint density at radius 1 is 0.851 bits per heavy atom. The predicted molar refractivity (Wildman–Crippen MR) is 170 cm³/mol. The van der Waals surface area contributed by atoms with Crippen molar-refractivity contribution in [3.05, 3.63) is 99.0 Å². The number of halogens is 9. The van der Waals surface area contributed by atoms with Gasteiger partial charge in [0.2, 0.25) is 0 Å². The molecule has 15 heteroatoms. The third kappa shape index (κ3) is 8.47. The Hall–Kier alpha value is -2.74. The van der Waals surface area contributed by atoms with Gasteiger partial charge in [-0.15, -0.1) is 12.4 Å². The molecule has 0 aliphatic carbocycles. The molecule has 3 aromatic carbocycles. The molecule has 0 aromatic heterocycles. The van der Waals surface area contributed by atoms with Crippen LogP contribution in [-0.4, -0.2) is 61.2 Å². The number of hydrogen-bond acceptors (Lipinski definition) is 5. The number of carbonyl (C=O) groups is 1. The monoisotopic (exact) mass is 724 g/mol. The second kappa shape index (κ2) is 14.8. The van der Waals surface area contributed by atoms with E-state index in [0.717, 1.165) is 23.3 Å². The first-order chi connectivity index (χ1) is 21.7. The lowest BCUT2D eigenvalue weighted by Gasteiger charge is -2.40. The Bertz CT molecular complexity index is 1460. The standard InChI is InChI=1S/C32H32Cl2F6N4O2.ClH/c1-2-46-26-19-22(32(38,39)40)7-12-25(26)31(29(45)44-17-15-43(16-18-44)14-13-30(35,36)37)41-27(20-3-8-23(33)9-4-20)28(42-31)21-5-10-24(34)11-6-21;/h3-12,19,27-28,41-42H,2,13-18H2,1H3;1H. The van der Waals surface area contributed by atoms with Gasteiger partial charge in [-0.3, -0.25) is 20.3 Å². The predicted octanol–water partition coefficient (Wildman–Crippen LogP) is 7.76. The van der Waals surface area contributed by atoms with Gasteiger partial charge in [0.1, 0.15) is 5.75 Å². The highest BCUT2D eigenvalue weighted by molar-refractivity contribution is 6.30. The van der Waals surface area contributed by atoms with Crippen LogP contribution in [0.2, 0.25) is 10.0 Å². The molecule has 5 rings (SSSR count). The van der Waals surface area contributed by atoms with Gasteiger partial charge in [-0.1, -0.05) is 53.5 Å². The van der Waals surface area contributed by atoms with Crippen molar-refractivity contribution < 1.29 is 35.9 Å². The molecule has 2 aliphatic rings. The number of carbonyl (C=O) groups excluding carboxylic acids is 1. The van der Waals surface area contributed by atoms with Crippen LogP contribution in [0.3, 0.4) is 0 Å². The molecule has 6 nitrogen and oxygen atoms in total. The quantitative estimate of drug-likeness (QED) is 0.233. The molecule has 0 bridgehead atoms.